The predicted molar refractivity (Wildman–Crippen MR) is 73.2 cm³/mol. The van der Waals surface area contributed by atoms with Crippen LogP contribution in [-0.4, -0.2) is 54.0 Å². The number of hydrogen-bond acceptors (Lipinski definition) is 3. The first-order chi connectivity index (χ1) is 8.63. The average molecular weight is 253 g/mol. The molecule has 0 aromatic carbocycles. The molecule has 2 saturated heterocycles. The molecule has 104 valence electrons. The summed E-state index contributed by atoms with van der Waals surface area (Å²) in [6.07, 6.45) is 4.73. The molecule has 4 nitrogen and oxygen atoms in total. The van der Waals surface area contributed by atoms with E-state index in [-0.39, 0.29) is 17.9 Å². The van der Waals surface area contributed by atoms with Gasteiger partial charge in [-0.1, -0.05) is 20.3 Å². The van der Waals surface area contributed by atoms with Crippen molar-refractivity contribution in [1.82, 2.24) is 9.80 Å². The topological polar surface area (TPSA) is 49.6 Å². The molecule has 2 aliphatic heterocycles. The van der Waals surface area contributed by atoms with Gasteiger partial charge in [-0.2, -0.15) is 0 Å². The zero-order chi connectivity index (χ0) is 13.1. The van der Waals surface area contributed by atoms with E-state index in [0.29, 0.717) is 6.04 Å². The van der Waals surface area contributed by atoms with E-state index < -0.39 is 0 Å². The monoisotopic (exact) mass is 253 g/mol. The van der Waals surface area contributed by atoms with Gasteiger partial charge in [-0.15, -0.1) is 0 Å². The summed E-state index contributed by atoms with van der Waals surface area (Å²) in [7, 11) is 0. The van der Waals surface area contributed by atoms with Gasteiger partial charge < -0.3 is 10.6 Å². The summed E-state index contributed by atoms with van der Waals surface area (Å²) < 4.78 is 0. The predicted octanol–water partition coefficient (Wildman–Crippen LogP) is 1.06. The van der Waals surface area contributed by atoms with Crippen LogP contribution in [-0.2, 0) is 4.79 Å². The van der Waals surface area contributed by atoms with E-state index in [4.69, 9.17) is 5.73 Å². The van der Waals surface area contributed by atoms with Crippen LogP contribution >= 0.6 is 0 Å². The molecule has 0 radical (unpaired) electrons. The van der Waals surface area contributed by atoms with E-state index >= 15 is 0 Å². The van der Waals surface area contributed by atoms with Gasteiger partial charge in [-0.25, -0.2) is 0 Å². The number of hydrogen-bond donors (Lipinski definition) is 1. The lowest BCUT2D eigenvalue weighted by Crippen LogP contribution is -2.47. The van der Waals surface area contributed by atoms with Crippen molar-refractivity contribution in [3.8, 4) is 0 Å². The van der Waals surface area contributed by atoms with E-state index in [1.54, 1.807) is 0 Å². The third-order valence-corrected chi connectivity index (χ3v) is 4.67. The van der Waals surface area contributed by atoms with Crippen LogP contribution < -0.4 is 5.73 Å². The van der Waals surface area contributed by atoms with Gasteiger partial charge in [0.15, 0.2) is 0 Å². The molecule has 2 aliphatic rings. The van der Waals surface area contributed by atoms with Crippen LogP contribution in [0.25, 0.3) is 0 Å². The molecule has 1 amide bonds. The van der Waals surface area contributed by atoms with Crippen molar-refractivity contribution in [2.45, 2.75) is 51.6 Å². The fraction of sp³-hybridized carbons (Fsp3) is 0.929. The SMILES string of the molecule is CCC(C)C(N)C(=O)N1CCC(N2CCCC2)C1. The average Bonchev–Trinajstić information content (AvgIpc) is 3.05. The summed E-state index contributed by atoms with van der Waals surface area (Å²) in [5.74, 6) is 0.439. The van der Waals surface area contributed by atoms with E-state index in [1.165, 1.54) is 25.9 Å². The maximum atomic E-state index is 12.3. The van der Waals surface area contributed by atoms with Gasteiger partial charge in [0.2, 0.25) is 5.91 Å². The normalized spacial score (nSPS) is 28.6. The van der Waals surface area contributed by atoms with Crippen molar-refractivity contribution >= 4 is 5.91 Å². The van der Waals surface area contributed by atoms with Crippen molar-refractivity contribution in [3.05, 3.63) is 0 Å². The van der Waals surface area contributed by atoms with E-state index in [1.807, 2.05) is 4.90 Å². The van der Waals surface area contributed by atoms with E-state index in [2.05, 4.69) is 18.7 Å². The zero-order valence-corrected chi connectivity index (χ0v) is 11.8. The maximum Gasteiger partial charge on any atom is 0.239 e. The number of amides is 1. The second kappa shape index (κ2) is 6.02. The quantitative estimate of drug-likeness (QED) is 0.815. The van der Waals surface area contributed by atoms with E-state index in [0.717, 1.165) is 25.9 Å². The summed E-state index contributed by atoms with van der Waals surface area (Å²) in [5, 5.41) is 0. The van der Waals surface area contributed by atoms with Crippen molar-refractivity contribution in [2.75, 3.05) is 26.2 Å². The largest absolute Gasteiger partial charge is 0.340 e. The molecule has 0 bridgehead atoms. The summed E-state index contributed by atoms with van der Waals surface area (Å²) in [4.78, 5) is 16.8. The molecule has 0 aliphatic carbocycles. The van der Waals surface area contributed by atoms with Crippen LogP contribution in [0.4, 0.5) is 0 Å². The molecule has 0 aromatic rings. The second-order valence-electron chi connectivity index (χ2n) is 5.88. The highest BCUT2D eigenvalue weighted by atomic mass is 16.2. The molecule has 0 aromatic heterocycles. The van der Waals surface area contributed by atoms with Crippen LogP contribution in [0.2, 0.25) is 0 Å². The third-order valence-electron chi connectivity index (χ3n) is 4.67. The Hall–Kier alpha value is -0.610. The standard InChI is InChI=1S/C14H27N3O/c1-3-11(2)13(15)14(18)17-9-6-12(10-17)16-7-4-5-8-16/h11-13H,3-10,15H2,1-2H3. The van der Waals surface area contributed by atoms with Gasteiger partial charge in [-0.05, 0) is 38.3 Å². The Kier molecular flexibility index (Phi) is 4.62. The van der Waals surface area contributed by atoms with Gasteiger partial charge in [0, 0.05) is 19.1 Å². The number of likely N-dealkylation sites (tertiary alicyclic amines) is 2. The fourth-order valence-corrected chi connectivity index (χ4v) is 3.05. The molecular formula is C14H27N3O. The molecule has 2 heterocycles. The minimum Gasteiger partial charge on any atom is -0.340 e. The maximum absolute atomic E-state index is 12.3. The first kappa shape index (κ1) is 13.8. The Balaban J connectivity index is 1.86. The fourth-order valence-electron chi connectivity index (χ4n) is 3.05. The highest BCUT2D eigenvalue weighted by molar-refractivity contribution is 5.82. The Morgan fingerprint density at radius 2 is 2.00 bits per heavy atom. The molecule has 2 N–H and O–H groups in total. The van der Waals surface area contributed by atoms with Crippen LogP contribution in [0.1, 0.15) is 39.5 Å². The van der Waals surface area contributed by atoms with Crippen molar-refractivity contribution in [2.24, 2.45) is 11.7 Å². The molecule has 4 heteroatoms. The number of nitrogens with two attached hydrogens (primary N) is 1. The molecule has 2 fully saturated rings. The van der Waals surface area contributed by atoms with Crippen LogP contribution in [0, 0.1) is 5.92 Å². The van der Waals surface area contributed by atoms with Gasteiger partial charge in [0.1, 0.15) is 0 Å². The van der Waals surface area contributed by atoms with Crippen LogP contribution in [0.3, 0.4) is 0 Å². The van der Waals surface area contributed by atoms with Crippen LogP contribution in [0.15, 0.2) is 0 Å². The van der Waals surface area contributed by atoms with Crippen LogP contribution in [0.5, 0.6) is 0 Å². The lowest BCUT2D eigenvalue weighted by Gasteiger charge is -2.26. The second-order valence-corrected chi connectivity index (χ2v) is 5.88. The first-order valence-electron chi connectivity index (χ1n) is 7.42. The summed E-state index contributed by atoms with van der Waals surface area (Å²) >= 11 is 0. The molecule has 3 unspecified atom stereocenters. The number of nitrogens with zero attached hydrogens (tertiary/aromatic N) is 2. The number of rotatable bonds is 4. The smallest absolute Gasteiger partial charge is 0.239 e. The highest BCUT2D eigenvalue weighted by Crippen LogP contribution is 2.21. The lowest BCUT2D eigenvalue weighted by atomic mass is 9.99. The van der Waals surface area contributed by atoms with Gasteiger partial charge >= 0.3 is 0 Å². The molecule has 0 spiro atoms. The van der Waals surface area contributed by atoms with Crippen molar-refractivity contribution in [3.63, 3.8) is 0 Å². The van der Waals surface area contributed by atoms with Gasteiger partial charge in [0.25, 0.3) is 0 Å². The molecule has 2 rings (SSSR count). The molecule has 18 heavy (non-hydrogen) atoms. The Labute approximate surface area is 110 Å². The van der Waals surface area contributed by atoms with Gasteiger partial charge in [0.05, 0.1) is 6.04 Å². The van der Waals surface area contributed by atoms with Gasteiger partial charge in [-0.3, -0.25) is 9.69 Å². The highest BCUT2D eigenvalue weighted by Gasteiger charge is 2.34. The number of carbonyl (C=O) groups excluding carboxylic acids is 1. The first-order valence-corrected chi connectivity index (χ1v) is 7.42. The lowest BCUT2D eigenvalue weighted by molar-refractivity contribution is -0.132. The summed E-state index contributed by atoms with van der Waals surface area (Å²) in [6, 6.07) is 0.271. The molecule has 3 atom stereocenters. The van der Waals surface area contributed by atoms with Crippen molar-refractivity contribution in [1.29, 1.82) is 0 Å². The molecular weight excluding hydrogens is 226 g/mol. The zero-order valence-electron chi connectivity index (χ0n) is 11.8. The molecule has 0 saturated carbocycles. The van der Waals surface area contributed by atoms with E-state index in [9.17, 15) is 4.79 Å². The minimum absolute atomic E-state index is 0.158. The Morgan fingerprint density at radius 3 is 2.61 bits per heavy atom. The minimum atomic E-state index is -0.313. The van der Waals surface area contributed by atoms with Crippen molar-refractivity contribution < 1.29 is 4.79 Å². The summed E-state index contributed by atoms with van der Waals surface area (Å²) in [5.41, 5.74) is 6.05. The third kappa shape index (κ3) is 2.86. The Bertz CT molecular complexity index is 289. The Morgan fingerprint density at radius 1 is 1.33 bits per heavy atom. The summed E-state index contributed by atoms with van der Waals surface area (Å²) in [6.45, 7) is 8.37. The number of carbonyl (C=O) groups is 1.